The number of ketones is 1. The van der Waals surface area contributed by atoms with Crippen molar-refractivity contribution in [3.8, 4) is 0 Å². The molecule has 0 bridgehead atoms. The first-order valence-electron chi connectivity index (χ1n) is 7.63. The fourth-order valence-electron chi connectivity index (χ4n) is 2.32. The number of halogens is 1. The second kappa shape index (κ2) is 8.35. The van der Waals surface area contributed by atoms with Crippen LogP contribution in [0.15, 0.2) is 58.3 Å². The molecule has 0 aliphatic rings. The van der Waals surface area contributed by atoms with Crippen LogP contribution in [0.4, 0.5) is 5.69 Å². The van der Waals surface area contributed by atoms with E-state index in [1.807, 2.05) is 67.1 Å². The largest absolute Gasteiger partial charge is 0.758 e. The predicted molar refractivity (Wildman–Crippen MR) is 104 cm³/mol. The summed E-state index contributed by atoms with van der Waals surface area (Å²) >= 11 is 8.83. The fourth-order valence-corrected chi connectivity index (χ4v) is 3.07. The van der Waals surface area contributed by atoms with E-state index in [1.165, 1.54) is 0 Å². The lowest BCUT2D eigenvalue weighted by atomic mass is 10.0. The van der Waals surface area contributed by atoms with Crippen molar-refractivity contribution in [2.45, 2.75) is 13.0 Å². The van der Waals surface area contributed by atoms with E-state index in [4.69, 9.17) is 12.6 Å². The summed E-state index contributed by atoms with van der Waals surface area (Å²) in [6.07, 6.45) is 3.74. The maximum absolute atomic E-state index is 13.0. The van der Waals surface area contributed by atoms with E-state index in [9.17, 15) is 4.79 Å². The van der Waals surface area contributed by atoms with Crippen molar-refractivity contribution in [3.63, 3.8) is 0 Å². The summed E-state index contributed by atoms with van der Waals surface area (Å²) in [5, 5.41) is 0.394. The van der Waals surface area contributed by atoms with Gasteiger partial charge in [0.25, 0.3) is 0 Å². The molecule has 0 amide bonds. The van der Waals surface area contributed by atoms with Crippen molar-refractivity contribution in [2.75, 3.05) is 25.5 Å². The van der Waals surface area contributed by atoms with Crippen LogP contribution < -0.4 is 9.47 Å². The van der Waals surface area contributed by atoms with E-state index in [2.05, 4.69) is 20.9 Å². The average Bonchev–Trinajstić information content (AvgIpc) is 2.55. The number of hydrogen-bond donors (Lipinski definition) is 0. The smallest absolute Gasteiger partial charge is 0.237 e. The van der Waals surface area contributed by atoms with Crippen molar-refractivity contribution < 1.29 is 9.36 Å². The first kappa shape index (κ1) is 18.5. The molecule has 0 saturated heterocycles. The highest BCUT2D eigenvalue weighted by Gasteiger charge is 2.28. The molecule has 0 aliphatic carbocycles. The van der Waals surface area contributed by atoms with Crippen LogP contribution in [0.3, 0.4) is 0 Å². The molecule has 4 nitrogen and oxygen atoms in total. The average molecular weight is 406 g/mol. The highest BCUT2D eigenvalue weighted by Crippen LogP contribution is 2.17. The summed E-state index contributed by atoms with van der Waals surface area (Å²) in [6.45, 7) is 2.46. The van der Waals surface area contributed by atoms with Gasteiger partial charge in [0.2, 0.25) is 11.8 Å². The number of pyridine rings is 1. The molecule has 0 saturated carbocycles. The lowest BCUT2D eigenvalue weighted by Gasteiger charge is -2.19. The van der Waals surface area contributed by atoms with Crippen molar-refractivity contribution in [1.29, 1.82) is 0 Å². The topological polar surface area (TPSA) is 36.6 Å². The Morgan fingerprint density at radius 2 is 1.96 bits per heavy atom. The Balaban J connectivity index is 2.45. The standard InChI is InChI=1S/C18H20BrN3OS/c1-4-20-18(24)16(17(23)13-6-5-7-14(19)12-13)22-10-8-15(9-11-22)21(2)3/h5-12,16H,4H2,1-3H3. The van der Waals surface area contributed by atoms with Crippen LogP contribution in [0.5, 0.6) is 0 Å². The Morgan fingerprint density at radius 1 is 1.29 bits per heavy atom. The molecule has 126 valence electrons. The van der Waals surface area contributed by atoms with E-state index in [0.29, 0.717) is 17.2 Å². The van der Waals surface area contributed by atoms with Gasteiger partial charge in [-0.2, -0.15) is 4.57 Å². The quantitative estimate of drug-likeness (QED) is 0.243. The number of rotatable bonds is 6. The molecule has 0 fully saturated rings. The molecular formula is C18H20BrN3OS. The Bertz CT molecular complexity index is 744. The third-order valence-corrected chi connectivity index (χ3v) is 4.40. The number of hydrogen-bond acceptors (Lipinski definition) is 4. The van der Waals surface area contributed by atoms with Gasteiger partial charge < -0.3 is 22.5 Å². The summed E-state index contributed by atoms with van der Waals surface area (Å²) in [7, 11) is 3.95. The first-order valence-corrected chi connectivity index (χ1v) is 8.83. The molecule has 1 heterocycles. The molecule has 6 heteroatoms. The summed E-state index contributed by atoms with van der Waals surface area (Å²) in [4.78, 5) is 19.3. The summed E-state index contributed by atoms with van der Waals surface area (Å²) in [5.41, 5.74) is 1.66. The predicted octanol–water partition coefficient (Wildman–Crippen LogP) is 3.19. The Kier molecular flexibility index (Phi) is 6.45. The number of Topliss-reactive ketones (excluding diaryl/α,β-unsaturated/α-hetero) is 1. The zero-order valence-corrected chi connectivity index (χ0v) is 16.3. The van der Waals surface area contributed by atoms with Crippen LogP contribution in [0, 0.1) is 0 Å². The number of carbonyl (C=O) groups is 1. The molecule has 1 unspecified atom stereocenters. The molecule has 2 rings (SSSR count). The lowest BCUT2D eigenvalue weighted by molar-refractivity contribution is -0.691. The molecule has 1 aromatic carbocycles. The number of carbonyl (C=O) groups excluding carboxylic acids is 1. The van der Waals surface area contributed by atoms with Gasteiger partial charge in [-0.05, 0) is 24.1 Å². The summed E-state index contributed by atoms with van der Waals surface area (Å²) in [6, 6.07) is 10.6. The van der Waals surface area contributed by atoms with E-state index in [0.717, 1.165) is 10.2 Å². The third-order valence-electron chi connectivity index (χ3n) is 3.55. The normalized spacial score (nSPS) is 12.8. The zero-order chi connectivity index (χ0) is 17.7. The molecule has 24 heavy (non-hydrogen) atoms. The Labute approximate surface area is 156 Å². The molecule has 0 spiro atoms. The molecule has 2 aromatic rings. The molecule has 1 atom stereocenters. The Hall–Kier alpha value is -1.79. The van der Waals surface area contributed by atoms with Crippen LogP contribution in [0.2, 0.25) is 0 Å². The molecule has 0 radical (unpaired) electrons. The number of nitrogens with zero attached hydrogens (tertiary/aromatic N) is 3. The van der Waals surface area contributed by atoms with E-state index < -0.39 is 6.04 Å². The van der Waals surface area contributed by atoms with E-state index in [-0.39, 0.29) is 5.78 Å². The maximum Gasteiger partial charge on any atom is 0.237 e. The van der Waals surface area contributed by atoms with Gasteiger partial charge in [-0.25, -0.2) is 0 Å². The van der Waals surface area contributed by atoms with Gasteiger partial charge in [-0.1, -0.05) is 28.1 Å². The van der Waals surface area contributed by atoms with Crippen molar-refractivity contribution in [1.82, 2.24) is 0 Å². The van der Waals surface area contributed by atoms with Crippen LogP contribution in [-0.4, -0.2) is 31.5 Å². The zero-order valence-electron chi connectivity index (χ0n) is 13.9. The number of benzene rings is 1. The van der Waals surface area contributed by atoms with Crippen LogP contribution in [0.1, 0.15) is 23.3 Å². The van der Waals surface area contributed by atoms with Gasteiger partial charge in [-0.15, -0.1) is 0 Å². The third kappa shape index (κ3) is 4.39. The lowest BCUT2D eigenvalue weighted by Crippen LogP contribution is -2.47. The maximum atomic E-state index is 13.0. The number of aliphatic imine (C=N–C) groups is 1. The van der Waals surface area contributed by atoms with Gasteiger partial charge in [0.1, 0.15) is 0 Å². The minimum atomic E-state index is -0.620. The van der Waals surface area contributed by atoms with Gasteiger partial charge in [0.15, 0.2) is 12.4 Å². The minimum Gasteiger partial charge on any atom is -0.758 e. The molecule has 0 N–H and O–H groups in total. The van der Waals surface area contributed by atoms with Crippen molar-refractivity contribution >= 4 is 45.1 Å². The molecule has 0 aliphatic heterocycles. The van der Waals surface area contributed by atoms with Gasteiger partial charge in [0.05, 0.1) is 0 Å². The summed E-state index contributed by atoms with van der Waals surface area (Å²) in [5.74, 6) is -0.0684. The highest BCUT2D eigenvalue weighted by atomic mass is 79.9. The highest BCUT2D eigenvalue weighted by molar-refractivity contribution is 9.10. The van der Waals surface area contributed by atoms with Crippen LogP contribution in [-0.2, 0) is 12.6 Å². The van der Waals surface area contributed by atoms with Crippen molar-refractivity contribution in [2.24, 2.45) is 4.99 Å². The van der Waals surface area contributed by atoms with E-state index >= 15 is 0 Å². The second-order valence-corrected chi connectivity index (χ2v) is 6.82. The first-order chi connectivity index (χ1) is 11.4. The monoisotopic (exact) mass is 405 g/mol. The Morgan fingerprint density at radius 3 is 2.50 bits per heavy atom. The van der Waals surface area contributed by atoms with E-state index in [1.54, 1.807) is 12.1 Å². The number of anilines is 1. The number of aromatic nitrogens is 1. The van der Waals surface area contributed by atoms with Gasteiger partial charge in [-0.3, -0.25) is 4.79 Å². The molecular weight excluding hydrogens is 386 g/mol. The molecule has 1 aromatic heterocycles. The SMILES string of the molecule is CCN=C([S-])C(C(=O)c1cccc(Br)c1)[n+]1ccc(N(C)C)cc1. The minimum absolute atomic E-state index is 0.0684. The van der Waals surface area contributed by atoms with Crippen molar-refractivity contribution in [3.05, 3.63) is 58.8 Å². The van der Waals surface area contributed by atoms with Crippen LogP contribution >= 0.6 is 15.9 Å². The second-order valence-electron chi connectivity index (χ2n) is 5.49. The summed E-state index contributed by atoms with van der Waals surface area (Å²) < 4.78 is 2.68. The van der Waals surface area contributed by atoms with Crippen LogP contribution in [0.25, 0.3) is 0 Å². The van der Waals surface area contributed by atoms with Gasteiger partial charge >= 0.3 is 0 Å². The fraction of sp³-hybridized carbons (Fsp3) is 0.278. The van der Waals surface area contributed by atoms with Gasteiger partial charge in [0, 0.05) is 48.5 Å².